The predicted molar refractivity (Wildman–Crippen MR) is 401 cm³/mol. The van der Waals surface area contributed by atoms with Crippen LogP contribution in [0.1, 0.15) is 135 Å². The lowest BCUT2D eigenvalue weighted by molar-refractivity contribution is -0.268. The Kier molecular flexibility index (Phi) is 35.7. The van der Waals surface area contributed by atoms with Crippen LogP contribution in [0.5, 0.6) is 5.75 Å². The van der Waals surface area contributed by atoms with Crippen LogP contribution in [-0.4, -0.2) is 284 Å². The average molecular weight is 1610 g/mol. The molecule has 38 heteroatoms. The van der Waals surface area contributed by atoms with E-state index >= 15 is 19.2 Å². The van der Waals surface area contributed by atoms with Crippen LogP contribution in [-0.2, 0) is 81.3 Å². The number of cyclic esters (lactones) is 1. The first-order valence-electron chi connectivity index (χ1n) is 36.8. The standard InChI is InChI=1S/C74H115ClN12O25/c1-19-35(5)29-36(6)21-26-48(90)74(15,107)71(106)78-32-50(92)85-73(14,41(11)89)70(105)81-45(20-2)61(97)82-51(37(7)72(12,13)69(76)104)62(98)83-52-58(34(3)4)112-67(103)47-30-43(75)27-28-87(47)66(102)53(59(109-18)42-22-24-44(25-23-42)111-68-57(95)56(94)55(93)40(10)110-68)84-64(100)54(39(9)88)86(16)65(101)38(8)79-49(91)31-77-60(96)46(33-108-17)80-63(52)99/h20-26,29,34-35,37-41,43,46-48,51-59,68,88-90,93-95,107H,19,27-28,30-33H2,1-18H3,(H2,76,104)(H,77,96)(H,78,106)(H,79,91)(H,80,99)(H,81,105)(H,82,97)(H,83,98)(H,84,100)(H,85,92)/t35-,37+,38+,39+,40+,41+,43-,46-,47+,48+,51+,52+,53-,54+,55+,56-,57+,58+,59-,68-,73-,74+/m1/s1. The first kappa shape index (κ1) is 95.6. The summed E-state index contributed by atoms with van der Waals surface area (Å²) in [5.74, 6) is -17.4. The molecule has 112 heavy (non-hydrogen) atoms. The van der Waals surface area contributed by atoms with E-state index in [0.29, 0.717) is 0 Å². The van der Waals surface area contributed by atoms with E-state index in [0.717, 1.165) is 69.7 Å². The van der Waals surface area contributed by atoms with E-state index in [-0.39, 0.29) is 36.6 Å². The lowest BCUT2D eigenvalue weighted by atomic mass is 9.74. The van der Waals surface area contributed by atoms with E-state index in [1.165, 1.54) is 98.9 Å². The minimum atomic E-state index is -2.48. The van der Waals surface area contributed by atoms with Crippen molar-refractivity contribution in [2.75, 3.05) is 47.5 Å². The number of halogens is 1. The maximum absolute atomic E-state index is 15.8. The summed E-state index contributed by atoms with van der Waals surface area (Å²) in [6, 6.07) is -7.53. The van der Waals surface area contributed by atoms with Crippen LogP contribution in [0.15, 0.2) is 59.8 Å². The number of piperidine rings is 1. The van der Waals surface area contributed by atoms with E-state index in [4.69, 9.17) is 41.0 Å². The zero-order valence-electron chi connectivity index (χ0n) is 66.5. The Hall–Kier alpha value is -8.76. The highest BCUT2D eigenvalue weighted by atomic mass is 35.5. The average Bonchev–Trinajstić information content (AvgIpc) is 0.794. The molecule has 1 aromatic carbocycles. The third kappa shape index (κ3) is 24.6. The Morgan fingerprint density at radius 2 is 1.47 bits per heavy atom. The summed E-state index contributed by atoms with van der Waals surface area (Å²) in [5.41, 5.74) is -0.495. The smallest absolute Gasteiger partial charge is 0.329 e. The maximum Gasteiger partial charge on any atom is 0.329 e. The Bertz CT molecular complexity index is 3610. The van der Waals surface area contributed by atoms with E-state index in [2.05, 4.69) is 47.9 Å². The molecule has 0 aliphatic carbocycles. The molecule has 0 bridgehead atoms. The number of rotatable bonds is 28. The summed E-state index contributed by atoms with van der Waals surface area (Å²) >= 11 is 6.83. The number of carbonyl (C=O) groups excluding carboxylic acids is 13. The number of aliphatic hydroxyl groups is 7. The molecule has 22 atom stereocenters. The van der Waals surface area contributed by atoms with Crippen LogP contribution in [0.25, 0.3) is 0 Å². The molecule has 18 N–H and O–H groups in total. The third-order valence-corrected chi connectivity index (χ3v) is 20.8. The number of carbonyl (C=O) groups is 13. The largest absolute Gasteiger partial charge is 0.462 e. The number of ether oxygens (including phenoxy) is 5. The molecule has 3 fully saturated rings. The number of hydrogen-bond acceptors (Lipinski definition) is 25. The maximum atomic E-state index is 15.8. The molecule has 0 spiro atoms. The van der Waals surface area contributed by atoms with Crippen molar-refractivity contribution in [1.29, 1.82) is 0 Å². The van der Waals surface area contributed by atoms with Gasteiger partial charge in [0.05, 0.1) is 38.0 Å². The second-order valence-corrected chi connectivity index (χ2v) is 30.4. The van der Waals surface area contributed by atoms with E-state index in [1.54, 1.807) is 6.92 Å². The number of aliphatic hydroxyl groups excluding tert-OH is 6. The molecule has 0 unspecified atom stereocenters. The van der Waals surface area contributed by atoms with Gasteiger partial charge in [0, 0.05) is 38.6 Å². The number of alkyl halides is 1. The summed E-state index contributed by atoms with van der Waals surface area (Å²) in [5, 5.41) is 96.2. The summed E-state index contributed by atoms with van der Waals surface area (Å²) in [6.07, 6.45) is -9.91. The molecule has 3 heterocycles. The van der Waals surface area contributed by atoms with Gasteiger partial charge in [0.2, 0.25) is 59.5 Å². The van der Waals surface area contributed by atoms with Gasteiger partial charge >= 0.3 is 5.97 Å². The Morgan fingerprint density at radius 3 is 2.03 bits per heavy atom. The minimum Gasteiger partial charge on any atom is -0.462 e. The van der Waals surface area contributed by atoms with Crippen molar-refractivity contribution in [2.45, 2.75) is 243 Å². The van der Waals surface area contributed by atoms with Gasteiger partial charge in [-0.15, -0.1) is 11.6 Å². The molecular weight excluding hydrogens is 1490 g/mol. The SMILES string of the molecule is CC=C(NC(=O)[C@](C)(NC(=O)CNC(=O)[C@@](C)(O)[C@@H](O)C=CC(C)=C[C@H](C)CC)[C@H](C)O)C(=O)N[C@H](C(=O)N[C@@H]1C(=O)N[C@H](COC)C(=O)NCC(=O)N[C@@H](C)C(=O)N(C)[C@@H]([C@H](C)O)C(=O)N[C@H]([C@H](OC)c2ccc(O[C@H]3O[C@@H](C)[C@H](O)[C@@H](O)[C@@H]3O)cc2)C(=O)N2CC[C@@H](Cl)C[C@H]2C(=O)O[C@H]1C(C)C)[C@H](C)C(C)(C)C(N)=O. The molecule has 0 radical (unpaired) electrons. The van der Waals surface area contributed by atoms with Crippen molar-refractivity contribution < 1.29 is 122 Å². The fourth-order valence-corrected chi connectivity index (χ4v) is 12.6. The van der Waals surface area contributed by atoms with Gasteiger partial charge in [0.1, 0.15) is 95.9 Å². The highest BCUT2D eigenvalue weighted by molar-refractivity contribution is 6.21. The molecule has 0 saturated carbocycles. The van der Waals surface area contributed by atoms with Gasteiger partial charge in [0.15, 0.2) is 5.60 Å². The zero-order valence-corrected chi connectivity index (χ0v) is 67.3. The number of nitrogens with one attached hydrogen (secondary N) is 9. The summed E-state index contributed by atoms with van der Waals surface area (Å²) in [4.78, 5) is 190. The first-order valence-corrected chi connectivity index (χ1v) is 37.2. The van der Waals surface area contributed by atoms with Crippen LogP contribution >= 0.6 is 11.6 Å². The molecule has 3 aliphatic heterocycles. The molecular formula is C74H115ClN12O25. The number of allylic oxidation sites excluding steroid dienone is 4. The predicted octanol–water partition coefficient (Wildman–Crippen LogP) is -3.63. The van der Waals surface area contributed by atoms with E-state index < -0.39 is 240 Å². The van der Waals surface area contributed by atoms with Crippen molar-refractivity contribution >= 4 is 88.5 Å². The Balaban J connectivity index is 1.86. The Morgan fingerprint density at radius 1 is 0.848 bits per heavy atom. The number of amides is 12. The van der Waals surface area contributed by atoms with Crippen molar-refractivity contribution in [3.8, 4) is 5.75 Å². The van der Waals surface area contributed by atoms with Crippen molar-refractivity contribution in [3.05, 3.63) is 65.4 Å². The fourth-order valence-electron chi connectivity index (χ4n) is 12.3. The minimum absolute atomic E-state index is 0.00660. The molecule has 4 rings (SSSR count). The topological polar surface area (TPSA) is 550 Å². The molecule has 1 aromatic rings. The summed E-state index contributed by atoms with van der Waals surface area (Å²) in [6.45, 7) is 18.0. The molecule has 3 saturated heterocycles. The van der Waals surface area contributed by atoms with Gasteiger partial charge in [-0.05, 0) is 104 Å². The van der Waals surface area contributed by atoms with Crippen molar-refractivity contribution in [3.63, 3.8) is 0 Å². The highest BCUT2D eigenvalue weighted by Crippen LogP contribution is 2.34. The lowest BCUT2D eigenvalue weighted by Gasteiger charge is -2.41. The van der Waals surface area contributed by atoms with Gasteiger partial charge in [-0.3, -0.25) is 57.5 Å². The zero-order chi connectivity index (χ0) is 85.1. The fraction of sp³-hybridized carbons (Fsp3) is 0.662. The number of fused-ring (bicyclic) bond motifs is 1. The van der Waals surface area contributed by atoms with Gasteiger partial charge in [-0.25, -0.2) is 4.79 Å². The van der Waals surface area contributed by atoms with Crippen LogP contribution in [0.3, 0.4) is 0 Å². The first-order chi connectivity index (χ1) is 52.1. The normalized spacial score (nSPS) is 27.7. The quantitative estimate of drug-likeness (QED) is 0.0167. The number of nitrogens with zero attached hydrogens (tertiary/aromatic N) is 2. The number of primary amides is 1. The molecule has 37 nitrogen and oxygen atoms in total. The number of likely N-dealkylation sites (N-methyl/N-ethyl adjacent to an activating group) is 1. The van der Waals surface area contributed by atoms with Crippen LogP contribution < -0.4 is 58.3 Å². The van der Waals surface area contributed by atoms with Crippen LogP contribution in [0.2, 0.25) is 0 Å². The number of hydrogen-bond donors (Lipinski definition) is 17. The van der Waals surface area contributed by atoms with Crippen LogP contribution in [0, 0.1) is 23.2 Å². The number of esters is 1. The van der Waals surface area contributed by atoms with Crippen molar-refractivity contribution in [1.82, 2.24) is 57.7 Å². The molecule has 3 aliphatic rings. The van der Waals surface area contributed by atoms with Crippen molar-refractivity contribution in [2.24, 2.45) is 28.9 Å². The number of nitrogens with two attached hydrogens (primary N) is 1. The van der Waals surface area contributed by atoms with Gasteiger partial charge in [-0.1, -0.05) is 96.9 Å². The Labute approximate surface area is 655 Å². The van der Waals surface area contributed by atoms with Gasteiger partial charge < -0.3 is 123 Å². The van der Waals surface area contributed by atoms with E-state index in [1.807, 2.05) is 19.9 Å². The third-order valence-electron chi connectivity index (χ3n) is 20.4. The summed E-state index contributed by atoms with van der Waals surface area (Å²) in [7, 11) is 3.44. The monoisotopic (exact) mass is 1610 g/mol. The number of benzene rings is 1. The molecule has 12 amide bonds. The van der Waals surface area contributed by atoms with Crippen LogP contribution in [0.4, 0.5) is 0 Å². The van der Waals surface area contributed by atoms with E-state index in [9.17, 15) is 78.9 Å². The second kappa shape index (κ2) is 41.8. The molecule has 628 valence electrons. The summed E-state index contributed by atoms with van der Waals surface area (Å²) < 4.78 is 29.0. The molecule has 0 aromatic heterocycles. The van der Waals surface area contributed by atoms with Gasteiger partial charge in [0.25, 0.3) is 17.7 Å². The van der Waals surface area contributed by atoms with Gasteiger partial charge in [-0.2, -0.15) is 0 Å². The lowest BCUT2D eigenvalue weighted by Crippen LogP contribution is -2.66. The number of methoxy groups -OCH3 is 2. The second-order valence-electron chi connectivity index (χ2n) is 29.8. The highest BCUT2D eigenvalue weighted by Gasteiger charge is 2.50.